The standard InChI is InChI=1S/C20H19N3O2S/c1-11-21-17-15(6-3-7-16(17)26-11)22-20(25)14-10-23-9-8-12-4-2-5-13(18(12)23)19(14)24/h2,4-5,10,15H,3,6-9H2,1H3,(H,22,25)/t15-/m1/s1. The second-order valence-corrected chi connectivity index (χ2v) is 8.38. The maximum absolute atomic E-state index is 12.9. The summed E-state index contributed by atoms with van der Waals surface area (Å²) in [5, 5.41) is 4.74. The van der Waals surface area contributed by atoms with E-state index >= 15 is 0 Å². The number of aryl methyl sites for hydroxylation is 4. The molecule has 3 heterocycles. The normalized spacial score (nSPS) is 18.1. The van der Waals surface area contributed by atoms with Crippen molar-refractivity contribution in [1.82, 2.24) is 14.9 Å². The molecule has 1 amide bonds. The highest BCUT2D eigenvalue weighted by Crippen LogP contribution is 2.33. The second-order valence-electron chi connectivity index (χ2n) is 7.09. The zero-order chi connectivity index (χ0) is 17.8. The molecule has 0 unspecified atom stereocenters. The van der Waals surface area contributed by atoms with Gasteiger partial charge in [-0.2, -0.15) is 0 Å². The third kappa shape index (κ3) is 2.32. The van der Waals surface area contributed by atoms with E-state index in [0.29, 0.717) is 5.39 Å². The molecule has 2 aliphatic rings. The number of nitrogens with zero attached hydrogens (tertiary/aromatic N) is 2. The highest BCUT2D eigenvalue weighted by molar-refractivity contribution is 7.11. The molecule has 5 nitrogen and oxygen atoms in total. The van der Waals surface area contributed by atoms with Crippen LogP contribution in [0.2, 0.25) is 0 Å². The number of nitrogens with one attached hydrogen (secondary N) is 1. The largest absolute Gasteiger partial charge is 0.346 e. The van der Waals surface area contributed by atoms with Crippen molar-refractivity contribution in [3.05, 3.63) is 61.3 Å². The first kappa shape index (κ1) is 15.8. The van der Waals surface area contributed by atoms with E-state index in [-0.39, 0.29) is 22.9 Å². The number of thiazole rings is 1. The average molecular weight is 365 g/mol. The maximum Gasteiger partial charge on any atom is 0.257 e. The monoisotopic (exact) mass is 365 g/mol. The lowest BCUT2D eigenvalue weighted by molar-refractivity contribution is 0.0930. The molecule has 2 aromatic heterocycles. The van der Waals surface area contributed by atoms with Gasteiger partial charge in [-0.1, -0.05) is 12.1 Å². The Hall–Kier alpha value is -2.47. The van der Waals surface area contributed by atoms with Gasteiger partial charge in [0.1, 0.15) is 5.56 Å². The van der Waals surface area contributed by atoms with Gasteiger partial charge in [0.05, 0.1) is 22.3 Å². The van der Waals surface area contributed by atoms with Gasteiger partial charge in [0.2, 0.25) is 5.43 Å². The number of carbonyl (C=O) groups excluding carboxylic acids is 1. The van der Waals surface area contributed by atoms with E-state index in [1.807, 2.05) is 23.6 Å². The number of pyridine rings is 1. The first-order valence-electron chi connectivity index (χ1n) is 9.04. The van der Waals surface area contributed by atoms with Crippen LogP contribution in [-0.4, -0.2) is 15.5 Å². The van der Waals surface area contributed by atoms with E-state index in [4.69, 9.17) is 0 Å². The third-order valence-corrected chi connectivity index (χ3v) is 6.46. The van der Waals surface area contributed by atoms with Crippen molar-refractivity contribution in [3.8, 4) is 0 Å². The molecule has 1 aromatic carbocycles. The van der Waals surface area contributed by atoms with Gasteiger partial charge in [-0.25, -0.2) is 4.98 Å². The van der Waals surface area contributed by atoms with Crippen LogP contribution in [0.5, 0.6) is 0 Å². The first-order valence-corrected chi connectivity index (χ1v) is 9.85. The molecule has 3 aromatic rings. The van der Waals surface area contributed by atoms with Gasteiger partial charge in [0.25, 0.3) is 5.91 Å². The Morgan fingerprint density at radius 3 is 3.12 bits per heavy atom. The van der Waals surface area contributed by atoms with E-state index < -0.39 is 0 Å². The number of hydrogen-bond acceptors (Lipinski definition) is 4. The Kier molecular flexibility index (Phi) is 3.50. The van der Waals surface area contributed by atoms with Crippen LogP contribution in [-0.2, 0) is 19.4 Å². The Balaban J connectivity index is 1.53. The highest BCUT2D eigenvalue weighted by atomic mass is 32.1. The summed E-state index contributed by atoms with van der Waals surface area (Å²) in [6, 6.07) is 5.68. The minimum atomic E-state index is -0.290. The van der Waals surface area contributed by atoms with Crippen LogP contribution in [0.3, 0.4) is 0 Å². The lowest BCUT2D eigenvalue weighted by Gasteiger charge is -2.22. The molecule has 1 aliphatic carbocycles. The van der Waals surface area contributed by atoms with Crippen molar-refractivity contribution in [2.45, 2.75) is 45.2 Å². The Morgan fingerprint density at radius 1 is 1.35 bits per heavy atom. The van der Waals surface area contributed by atoms with Gasteiger partial charge in [0, 0.05) is 23.0 Å². The number of carbonyl (C=O) groups is 1. The van der Waals surface area contributed by atoms with Crippen molar-refractivity contribution >= 4 is 28.1 Å². The molecule has 6 heteroatoms. The van der Waals surface area contributed by atoms with Gasteiger partial charge < -0.3 is 9.88 Å². The lowest BCUT2D eigenvalue weighted by Crippen LogP contribution is -2.34. The quantitative estimate of drug-likeness (QED) is 0.759. The fraction of sp³-hybridized carbons (Fsp3) is 0.350. The summed E-state index contributed by atoms with van der Waals surface area (Å²) in [6.45, 7) is 2.81. The number of rotatable bonds is 2. The average Bonchev–Trinajstić information content (AvgIpc) is 3.22. The summed E-state index contributed by atoms with van der Waals surface area (Å²) >= 11 is 1.71. The molecule has 0 saturated heterocycles. The van der Waals surface area contributed by atoms with Crippen molar-refractivity contribution in [2.75, 3.05) is 0 Å². The molecule has 0 spiro atoms. The van der Waals surface area contributed by atoms with Crippen LogP contribution >= 0.6 is 11.3 Å². The predicted molar refractivity (Wildman–Crippen MR) is 102 cm³/mol. The number of amides is 1. The molecule has 1 N–H and O–H groups in total. The van der Waals surface area contributed by atoms with E-state index in [1.54, 1.807) is 17.5 Å². The smallest absolute Gasteiger partial charge is 0.257 e. The van der Waals surface area contributed by atoms with Crippen LogP contribution in [0.25, 0.3) is 10.9 Å². The highest BCUT2D eigenvalue weighted by Gasteiger charge is 2.27. The molecule has 0 radical (unpaired) electrons. The molecule has 0 bridgehead atoms. The van der Waals surface area contributed by atoms with Gasteiger partial charge in [0.15, 0.2) is 0 Å². The van der Waals surface area contributed by atoms with E-state index in [2.05, 4.69) is 16.4 Å². The van der Waals surface area contributed by atoms with Crippen LogP contribution < -0.4 is 10.7 Å². The van der Waals surface area contributed by atoms with Crippen molar-refractivity contribution in [2.24, 2.45) is 0 Å². The van der Waals surface area contributed by atoms with Crippen LogP contribution in [0, 0.1) is 6.92 Å². The van der Waals surface area contributed by atoms with Crippen LogP contribution in [0.1, 0.15) is 50.4 Å². The van der Waals surface area contributed by atoms with Crippen molar-refractivity contribution in [3.63, 3.8) is 0 Å². The number of fused-ring (bicyclic) bond motifs is 1. The number of hydrogen-bond donors (Lipinski definition) is 1. The van der Waals surface area contributed by atoms with E-state index in [1.165, 1.54) is 10.4 Å². The fourth-order valence-corrected chi connectivity index (χ4v) is 5.27. The molecular formula is C20H19N3O2S. The maximum atomic E-state index is 12.9. The summed E-state index contributed by atoms with van der Waals surface area (Å²) in [4.78, 5) is 31.7. The zero-order valence-electron chi connectivity index (χ0n) is 14.5. The molecule has 5 rings (SSSR count). The van der Waals surface area contributed by atoms with Crippen molar-refractivity contribution < 1.29 is 4.79 Å². The van der Waals surface area contributed by atoms with Gasteiger partial charge in [-0.15, -0.1) is 11.3 Å². The number of para-hydroxylation sites is 1. The summed E-state index contributed by atoms with van der Waals surface area (Å²) in [7, 11) is 0. The molecule has 0 saturated carbocycles. The summed E-state index contributed by atoms with van der Waals surface area (Å²) in [5.41, 5.74) is 3.20. The molecule has 1 aliphatic heterocycles. The molecule has 0 fully saturated rings. The van der Waals surface area contributed by atoms with E-state index in [0.717, 1.165) is 48.4 Å². The zero-order valence-corrected chi connectivity index (χ0v) is 15.4. The Morgan fingerprint density at radius 2 is 2.23 bits per heavy atom. The Bertz CT molecular complexity index is 1110. The van der Waals surface area contributed by atoms with Crippen molar-refractivity contribution in [1.29, 1.82) is 0 Å². The molecule has 1 atom stereocenters. The molecule has 132 valence electrons. The molecule has 26 heavy (non-hydrogen) atoms. The van der Waals surface area contributed by atoms with Crippen LogP contribution in [0.4, 0.5) is 0 Å². The fourth-order valence-electron chi connectivity index (χ4n) is 4.24. The summed E-state index contributed by atoms with van der Waals surface area (Å²) in [6.07, 6.45) is 5.57. The van der Waals surface area contributed by atoms with Crippen LogP contribution in [0.15, 0.2) is 29.2 Å². The van der Waals surface area contributed by atoms with Gasteiger partial charge in [-0.3, -0.25) is 9.59 Å². The third-order valence-electron chi connectivity index (χ3n) is 5.41. The lowest BCUT2D eigenvalue weighted by atomic mass is 9.97. The second kappa shape index (κ2) is 5.77. The summed E-state index contributed by atoms with van der Waals surface area (Å²) < 4.78 is 2.04. The number of aromatic nitrogens is 2. The number of benzene rings is 1. The molecular weight excluding hydrogens is 346 g/mol. The van der Waals surface area contributed by atoms with Gasteiger partial charge in [-0.05, 0) is 44.2 Å². The predicted octanol–water partition coefficient (Wildman–Crippen LogP) is 3.13. The van der Waals surface area contributed by atoms with E-state index in [9.17, 15) is 9.59 Å². The first-order chi connectivity index (χ1) is 12.6. The SMILES string of the molecule is Cc1nc2c(s1)CCC[C@H]2NC(=O)c1cn2c3c(cccc3c1=O)CC2. The Labute approximate surface area is 154 Å². The van der Waals surface area contributed by atoms with Gasteiger partial charge >= 0.3 is 0 Å². The summed E-state index contributed by atoms with van der Waals surface area (Å²) in [5.74, 6) is -0.290. The minimum Gasteiger partial charge on any atom is -0.346 e. The minimum absolute atomic E-state index is 0.101. The topological polar surface area (TPSA) is 64.0 Å².